The van der Waals surface area contributed by atoms with E-state index >= 15 is 0 Å². The van der Waals surface area contributed by atoms with E-state index in [1.54, 1.807) is 0 Å². The molecule has 0 saturated carbocycles. The Morgan fingerprint density at radius 2 is 2.31 bits per heavy atom. The number of rotatable bonds is 4. The predicted molar refractivity (Wildman–Crippen MR) is 62.2 cm³/mol. The highest BCUT2D eigenvalue weighted by molar-refractivity contribution is 5.80. The van der Waals surface area contributed by atoms with Gasteiger partial charge in [-0.15, -0.1) is 0 Å². The third-order valence-electron chi connectivity index (χ3n) is 3.52. The summed E-state index contributed by atoms with van der Waals surface area (Å²) in [5.41, 5.74) is 0. The van der Waals surface area contributed by atoms with E-state index in [0.717, 1.165) is 45.8 Å². The molecule has 2 fully saturated rings. The van der Waals surface area contributed by atoms with Gasteiger partial charge in [-0.25, -0.2) is 0 Å². The molecule has 2 aliphatic heterocycles. The van der Waals surface area contributed by atoms with Crippen LogP contribution in [0, 0.1) is 11.8 Å². The van der Waals surface area contributed by atoms with E-state index in [1.165, 1.54) is 6.42 Å². The summed E-state index contributed by atoms with van der Waals surface area (Å²) in [6.07, 6.45) is 2.33. The molecule has 2 rings (SSSR count). The van der Waals surface area contributed by atoms with E-state index in [9.17, 15) is 4.79 Å². The highest BCUT2D eigenvalue weighted by atomic mass is 16.5. The van der Waals surface area contributed by atoms with Crippen LogP contribution in [0.3, 0.4) is 0 Å². The van der Waals surface area contributed by atoms with Gasteiger partial charge < -0.3 is 15.0 Å². The van der Waals surface area contributed by atoms with E-state index < -0.39 is 0 Å². The number of hydrogen-bond donors (Lipinski definition) is 1. The van der Waals surface area contributed by atoms with Crippen molar-refractivity contribution < 1.29 is 9.53 Å². The molecule has 0 aromatic carbocycles. The summed E-state index contributed by atoms with van der Waals surface area (Å²) in [6.45, 7) is 7.18. The fourth-order valence-electron chi connectivity index (χ4n) is 2.41. The normalized spacial score (nSPS) is 26.6. The van der Waals surface area contributed by atoms with Crippen LogP contribution in [0.2, 0.25) is 0 Å². The maximum atomic E-state index is 12.0. The molecule has 2 saturated heterocycles. The average Bonchev–Trinajstić information content (AvgIpc) is 2.24. The Hall–Kier alpha value is -0.610. The lowest BCUT2D eigenvalue weighted by Gasteiger charge is -2.37. The highest BCUT2D eigenvalue weighted by Gasteiger charge is 2.31. The number of nitrogens with zero attached hydrogens (tertiary/aromatic N) is 1. The summed E-state index contributed by atoms with van der Waals surface area (Å²) in [5.74, 6) is 1.14. The van der Waals surface area contributed by atoms with Crippen LogP contribution < -0.4 is 5.32 Å². The average molecular weight is 226 g/mol. The Bertz CT molecular complexity index is 241. The van der Waals surface area contributed by atoms with Gasteiger partial charge in [-0.1, -0.05) is 0 Å². The minimum absolute atomic E-state index is 0.242. The molecule has 1 atom stereocenters. The molecule has 0 spiro atoms. The fourth-order valence-corrected chi connectivity index (χ4v) is 2.41. The molecule has 92 valence electrons. The number of hydrogen-bond acceptors (Lipinski definition) is 3. The number of likely N-dealkylation sites (tertiary alicyclic amines) is 1. The summed E-state index contributed by atoms with van der Waals surface area (Å²) >= 11 is 0. The number of piperidine rings is 1. The van der Waals surface area contributed by atoms with Crippen molar-refractivity contribution in [1.82, 2.24) is 10.2 Å². The number of nitrogens with one attached hydrogen (secondary N) is 1. The molecule has 0 aliphatic carbocycles. The van der Waals surface area contributed by atoms with Gasteiger partial charge in [0, 0.05) is 32.8 Å². The molecule has 2 aliphatic rings. The third kappa shape index (κ3) is 2.74. The Morgan fingerprint density at radius 3 is 2.94 bits per heavy atom. The first-order valence-corrected chi connectivity index (χ1v) is 6.38. The Labute approximate surface area is 97.3 Å². The summed E-state index contributed by atoms with van der Waals surface area (Å²) in [6, 6.07) is 0. The quantitative estimate of drug-likeness (QED) is 0.758. The van der Waals surface area contributed by atoms with Crippen LogP contribution in [-0.4, -0.2) is 50.2 Å². The maximum Gasteiger partial charge on any atom is 0.228 e. The maximum absolute atomic E-state index is 12.0. The van der Waals surface area contributed by atoms with Gasteiger partial charge in [0.25, 0.3) is 0 Å². The molecular weight excluding hydrogens is 204 g/mol. The molecule has 0 aromatic rings. The topological polar surface area (TPSA) is 41.6 Å². The van der Waals surface area contributed by atoms with Crippen LogP contribution in [0.1, 0.15) is 19.8 Å². The van der Waals surface area contributed by atoms with Gasteiger partial charge in [-0.05, 0) is 25.7 Å². The number of ether oxygens (including phenoxy) is 1. The molecule has 0 unspecified atom stereocenters. The van der Waals surface area contributed by atoms with Crippen molar-refractivity contribution in [3.05, 3.63) is 0 Å². The van der Waals surface area contributed by atoms with Gasteiger partial charge in [0.15, 0.2) is 0 Å². The van der Waals surface area contributed by atoms with Crippen LogP contribution in [0.4, 0.5) is 0 Å². The summed E-state index contributed by atoms with van der Waals surface area (Å²) in [7, 11) is 0. The lowest BCUT2D eigenvalue weighted by molar-refractivity contribution is -0.139. The first-order chi connectivity index (χ1) is 7.81. The summed E-state index contributed by atoms with van der Waals surface area (Å²) in [5, 5.41) is 3.15. The molecule has 16 heavy (non-hydrogen) atoms. The van der Waals surface area contributed by atoms with Gasteiger partial charge >= 0.3 is 0 Å². The second-order valence-corrected chi connectivity index (χ2v) is 4.81. The van der Waals surface area contributed by atoms with E-state index in [2.05, 4.69) is 5.32 Å². The first-order valence-electron chi connectivity index (χ1n) is 6.38. The van der Waals surface area contributed by atoms with Gasteiger partial charge in [0.2, 0.25) is 5.91 Å². The molecule has 0 radical (unpaired) electrons. The van der Waals surface area contributed by atoms with Crippen molar-refractivity contribution in [2.45, 2.75) is 19.8 Å². The standard InChI is InChI=1S/C12H22N2O2/c1-2-16-9-10-4-3-5-14(8-10)12(15)11-6-13-7-11/h10-11,13H,2-9H2,1H3/t10-/m0/s1. The SMILES string of the molecule is CCOC[C@H]1CCCN(C(=O)C2CNC2)C1. The molecule has 4 nitrogen and oxygen atoms in total. The van der Waals surface area contributed by atoms with Gasteiger partial charge in [0.05, 0.1) is 12.5 Å². The predicted octanol–water partition coefficient (Wildman–Crippen LogP) is 0.481. The van der Waals surface area contributed by atoms with Crippen LogP contribution in [0.5, 0.6) is 0 Å². The number of carbonyl (C=O) groups is 1. The second-order valence-electron chi connectivity index (χ2n) is 4.81. The van der Waals surface area contributed by atoms with Crippen molar-refractivity contribution in [3.63, 3.8) is 0 Å². The molecule has 0 bridgehead atoms. The summed E-state index contributed by atoms with van der Waals surface area (Å²) in [4.78, 5) is 14.1. The van der Waals surface area contributed by atoms with E-state index in [0.29, 0.717) is 11.8 Å². The zero-order valence-corrected chi connectivity index (χ0v) is 10.1. The first kappa shape index (κ1) is 11.9. The zero-order valence-electron chi connectivity index (χ0n) is 10.1. The zero-order chi connectivity index (χ0) is 11.4. The lowest BCUT2D eigenvalue weighted by Crippen LogP contribution is -2.54. The van der Waals surface area contributed by atoms with E-state index in [1.807, 2.05) is 11.8 Å². The monoisotopic (exact) mass is 226 g/mol. The molecule has 2 heterocycles. The lowest BCUT2D eigenvalue weighted by atomic mass is 9.95. The number of carbonyl (C=O) groups excluding carboxylic acids is 1. The molecule has 0 aromatic heterocycles. The molecule has 4 heteroatoms. The molecular formula is C12H22N2O2. The number of amides is 1. The van der Waals surface area contributed by atoms with Gasteiger partial charge in [0.1, 0.15) is 0 Å². The molecule has 1 amide bonds. The van der Waals surface area contributed by atoms with Crippen molar-refractivity contribution >= 4 is 5.91 Å². The Kier molecular flexibility index (Phi) is 4.18. The minimum Gasteiger partial charge on any atom is -0.381 e. The van der Waals surface area contributed by atoms with Crippen LogP contribution in [0.25, 0.3) is 0 Å². The molecule has 1 N–H and O–H groups in total. The van der Waals surface area contributed by atoms with Gasteiger partial charge in [-0.2, -0.15) is 0 Å². The third-order valence-corrected chi connectivity index (χ3v) is 3.52. The van der Waals surface area contributed by atoms with Crippen LogP contribution in [-0.2, 0) is 9.53 Å². The largest absolute Gasteiger partial charge is 0.381 e. The van der Waals surface area contributed by atoms with Crippen molar-refractivity contribution in [1.29, 1.82) is 0 Å². The Morgan fingerprint density at radius 1 is 1.50 bits per heavy atom. The fraction of sp³-hybridized carbons (Fsp3) is 0.917. The smallest absolute Gasteiger partial charge is 0.228 e. The highest BCUT2D eigenvalue weighted by Crippen LogP contribution is 2.19. The van der Waals surface area contributed by atoms with Crippen molar-refractivity contribution in [2.75, 3.05) is 39.4 Å². The van der Waals surface area contributed by atoms with Crippen molar-refractivity contribution in [3.8, 4) is 0 Å². The van der Waals surface area contributed by atoms with Crippen LogP contribution in [0.15, 0.2) is 0 Å². The minimum atomic E-state index is 0.242. The van der Waals surface area contributed by atoms with E-state index in [4.69, 9.17) is 4.74 Å². The Balaban J connectivity index is 1.78. The van der Waals surface area contributed by atoms with Crippen molar-refractivity contribution in [2.24, 2.45) is 11.8 Å². The second kappa shape index (κ2) is 5.64. The van der Waals surface area contributed by atoms with E-state index in [-0.39, 0.29) is 5.92 Å². The van der Waals surface area contributed by atoms with Crippen LogP contribution >= 0.6 is 0 Å². The van der Waals surface area contributed by atoms with Gasteiger partial charge in [-0.3, -0.25) is 4.79 Å². The summed E-state index contributed by atoms with van der Waals surface area (Å²) < 4.78 is 5.45.